The standard InChI is InChI=1S/C12H14O4/c1-3-9-12(15-2,16-11(13)14)10-7-5-4-6-8-10/h3-8H,1,9H2,2H3,(H,13,14). The smallest absolute Gasteiger partial charge is 0.450 e. The Labute approximate surface area is 94.1 Å². The van der Waals surface area contributed by atoms with Gasteiger partial charge in [0.25, 0.3) is 0 Å². The molecule has 1 aromatic rings. The third-order valence-electron chi connectivity index (χ3n) is 2.21. The molecule has 0 radical (unpaired) electrons. The molecular weight excluding hydrogens is 208 g/mol. The van der Waals surface area contributed by atoms with Gasteiger partial charge >= 0.3 is 6.16 Å². The molecule has 0 fully saturated rings. The molecule has 0 aliphatic heterocycles. The molecular formula is C12H14O4. The number of hydrogen-bond donors (Lipinski definition) is 1. The highest BCUT2D eigenvalue weighted by Crippen LogP contribution is 2.30. The molecule has 0 saturated carbocycles. The van der Waals surface area contributed by atoms with E-state index in [-0.39, 0.29) is 6.42 Å². The first-order valence-corrected chi connectivity index (χ1v) is 4.78. The second-order valence-corrected chi connectivity index (χ2v) is 3.18. The Balaban J connectivity index is 3.11. The molecule has 0 aliphatic carbocycles. The number of benzene rings is 1. The van der Waals surface area contributed by atoms with Gasteiger partial charge < -0.3 is 14.6 Å². The number of carboxylic acid groups (broad SMARTS) is 1. The van der Waals surface area contributed by atoms with Crippen LogP contribution in [0.25, 0.3) is 0 Å². The van der Waals surface area contributed by atoms with Crippen LogP contribution >= 0.6 is 0 Å². The second-order valence-electron chi connectivity index (χ2n) is 3.18. The van der Waals surface area contributed by atoms with Gasteiger partial charge in [-0.05, 0) is 0 Å². The molecule has 86 valence electrons. The summed E-state index contributed by atoms with van der Waals surface area (Å²) >= 11 is 0. The fraction of sp³-hybridized carbons (Fsp3) is 0.250. The van der Waals surface area contributed by atoms with Crippen molar-refractivity contribution in [2.75, 3.05) is 7.11 Å². The Morgan fingerprint density at radius 2 is 2.12 bits per heavy atom. The van der Waals surface area contributed by atoms with Crippen LogP contribution in [-0.4, -0.2) is 18.4 Å². The van der Waals surface area contributed by atoms with Gasteiger partial charge in [-0.15, -0.1) is 6.58 Å². The summed E-state index contributed by atoms with van der Waals surface area (Å²) in [6.45, 7) is 3.57. The molecule has 16 heavy (non-hydrogen) atoms. The van der Waals surface area contributed by atoms with Crippen molar-refractivity contribution in [3.05, 3.63) is 48.6 Å². The fourth-order valence-corrected chi connectivity index (χ4v) is 1.48. The molecule has 0 saturated heterocycles. The van der Waals surface area contributed by atoms with Gasteiger partial charge in [0.15, 0.2) is 0 Å². The summed E-state index contributed by atoms with van der Waals surface area (Å²) in [7, 11) is 1.40. The highest BCUT2D eigenvalue weighted by molar-refractivity contribution is 5.57. The van der Waals surface area contributed by atoms with Crippen LogP contribution in [0.2, 0.25) is 0 Å². The van der Waals surface area contributed by atoms with Crippen molar-refractivity contribution in [2.24, 2.45) is 0 Å². The molecule has 0 bridgehead atoms. The van der Waals surface area contributed by atoms with Crippen molar-refractivity contribution in [3.63, 3.8) is 0 Å². The van der Waals surface area contributed by atoms with Crippen molar-refractivity contribution in [2.45, 2.75) is 12.2 Å². The molecule has 1 aromatic carbocycles. The van der Waals surface area contributed by atoms with Crippen LogP contribution in [0.5, 0.6) is 0 Å². The van der Waals surface area contributed by atoms with Crippen LogP contribution in [0, 0.1) is 0 Å². The van der Waals surface area contributed by atoms with E-state index in [9.17, 15) is 4.79 Å². The van der Waals surface area contributed by atoms with Gasteiger partial charge in [-0.25, -0.2) is 4.79 Å². The summed E-state index contributed by atoms with van der Waals surface area (Å²) in [4.78, 5) is 10.7. The Morgan fingerprint density at radius 1 is 1.50 bits per heavy atom. The van der Waals surface area contributed by atoms with Crippen LogP contribution in [0.1, 0.15) is 12.0 Å². The van der Waals surface area contributed by atoms with E-state index in [0.717, 1.165) is 0 Å². The zero-order chi connectivity index (χ0) is 12.0. The van der Waals surface area contributed by atoms with Crippen molar-refractivity contribution in [3.8, 4) is 0 Å². The normalized spacial score (nSPS) is 13.8. The summed E-state index contributed by atoms with van der Waals surface area (Å²) in [6.07, 6.45) is 0.423. The van der Waals surface area contributed by atoms with Crippen molar-refractivity contribution in [1.29, 1.82) is 0 Å². The summed E-state index contributed by atoms with van der Waals surface area (Å²) in [5, 5.41) is 8.73. The van der Waals surface area contributed by atoms with Crippen LogP contribution < -0.4 is 0 Å². The van der Waals surface area contributed by atoms with Crippen LogP contribution in [0.15, 0.2) is 43.0 Å². The van der Waals surface area contributed by atoms with Gasteiger partial charge in [0, 0.05) is 19.1 Å². The number of hydrogen-bond acceptors (Lipinski definition) is 3. The highest BCUT2D eigenvalue weighted by atomic mass is 16.8. The minimum atomic E-state index is -1.38. The first kappa shape index (κ1) is 12.3. The molecule has 0 aromatic heterocycles. The molecule has 0 heterocycles. The number of rotatable bonds is 5. The van der Waals surface area contributed by atoms with E-state index in [0.29, 0.717) is 5.56 Å². The Kier molecular flexibility index (Phi) is 4.08. The summed E-state index contributed by atoms with van der Waals surface area (Å²) < 4.78 is 10.0. The third-order valence-corrected chi connectivity index (χ3v) is 2.21. The molecule has 4 nitrogen and oxygen atoms in total. The number of ether oxygens (including phenoxy) is 2. The van der Waals surface area contributed by atoms with Gasteiger partial charge in [-0.3, -0.25) is 0 Å². The lowest BCUT2D eigenvalue weighted by Gasteiger charge is -2.29. The van der Waals surface area contributed by atoms with Crippen molar-refractivity contribution in [1.82, 2.24) is 0 Å². The zero-order valence-corrected chi connectivity index (χ0v) is 9.05. The molecule has 0 aliphatic rings. The minimum Gasteiger partial charge on any atom is -0.450 e. The van der Waals surface area contributed by atoms with Crippen LogP contribution in [0.3, 0.4) is 0 Å². The lowest BCUT2D eigenvalue weighted by molar-refractivity contribution is -0.200. The molecule has 1 N–H and O–H groups in total. The highest BCUT2D eigenvalue weighted by Gasteiger charge is 2.35. The first-order chi connectivity index (χ1) is 7.64. The van der Waals surface area contributed by atoms with E-state index in [1.165, 1.54) is 7.11 Å². The Hall–Kier alpha value is -1.81. The van der Waals surface area contributed by atoms with Gasteiger partial charge in [-0.2, -0.15) is 0 Å². The fourth-order valence-electron chi connectivity index (χ4n) is 1.48. The van der Waals surface area contributed by atoms with E-state index < -0.39 is 11.9 Å². The lowest BCUT2D eigenvalue weighted by Crippen LogP contribution is -2.33. The predicted octanol–water partition coefficient (Wildman–Crippen LogP) is 2.76. The average Bonchev–Trinajstić information content (AvgIpc) is 2.29. The average molecular weight is 222 g/mol. The van der Waals surface area contributed by atoms with Gasteiger partial charge in [0.2, 0.25) is 5.79 Å². The van der Waals surface area contributed by atoms with Crippen LogP contribution in [-0.2, 0) is 15.3 Å². The summed E-state index contributed by atoms with van der Waals surface area (Å²) in [5.41, 5.74) is 0.639. The molecule has 1 atom stereocenters. The van der Waals surface area contributed by atoms with E-state index in [1.807, 2.05) is 6.07 Å². The summed E-state index contributed by atoms with van der Waals surface area (Å²) in [5.74, 6) is -1.31. The maximum atomic E-state index is 10.7. The van der Waals surface area contributed by atoms with Crippen molar-refractivity contribution < 1.29 is 19.4 Å². The van der Waals surface area contributed by atoms with Crippen LogP contribution in [0.4, 0.5) is 4.79 Å². The molecule has 0 spiro atoms. The summed E-state index contributed by atoms with van der Waals surface area (Å²) in [6, 6.07) is 8.90. The van der Waals surface area contributed by atoms with Gasteiger partial charge in [-0.1, -0.05) is 36.4 Å². The zero-order valence-electron chi connectivity index (χ0n) is 9.05. The van der Waals surface area contributed by atoms with Crippen molar-refractivity contribution >= 4 is 6.16 Å². The van der Waals surface area contributed by atoms with E-state index in [4.69, 9.17) is 14.6 Å². The van der Waals surface area contributed by atoms with E-state index in [2.05, 4.69) is 6.58 Å². The number of methoxy groups -OCH3 is 1. The quantitative estimate of drug-likeness (QED) is 0.473. The predicted molar refractivity (Wildman–Crippen MR) is 59.1 cm³/mol. The molecule has 1 unspecified atom stereocenters. The SMILES string of the molecule is C=CCC(OC)(OC(=O)O)c1ccccc1. The Morgan fingerprint density at radius 3 is 2.56 bits per heavy atom. The van der Waals surface area contributed by atoms with Gasteiger partial charge in [0.05, 0.1) is 0 Å². The number of carbonyl (C=O) groups is 1. The maximum absolute atomic E-state index is 10.7. The second kappa shape index (κ2) is 5.32. The molecule has 4 heteroatoms. The molecule has 1 rings (SSSR count). The topological polar surface area (TPSA) is 55.8 Å². The van der Waals surface area contributed by atoms with E-state index in [1.54, 1.807) is 30.3 Å². The maximum Gasteiger partial charge on any atom is 0.508 e. The van der Waals surface area contributed by atoms with E-state index >= 15 is 0 Å². The largest absolute Gasteiger partial charge is 0.508 e. The third kappa shape index (κ3) is 2.61. The Bertz CT molecular complexity index is 361. The van der Waals surface area contributed by atoms with Gasteiger partial charge in [0.1, 0.15) is 0 Å². The minimum absolute atomic E-state index is 0.250. The lowest BCUT2D eigenvalue weighted by atomic mass is 10.0. The molecule has 0 amide bonds. The first-order valence-electron chi connectivity index (χ1n) is 4.78. The monoisotopic (exact) mass is 222 g/mol.